The Kier molecular flexibility index (Phi) is 7.13. The predicted molar refractivity (Wildman–Crippen MR) is 110 cm³/mol. The van der Waals surface area contributed by atoms with Crippen molar-refractivity contribution in [2.45, 2.75) is 33.3 Å². The summed E-state index contributed by atoms with van der Waals surface area (Å²) in [6.07, 6.45) is 0. The summed E-state index contributed by atoms with van der Waals surface area (Å²) >= 11 is 2.96. The molecule has 0 atom stereocenters. The first-order valence-corrected chi connectivity index (χ1v) is 10.5. The van der Waals surface area contributed by atoms with Crippen LogP contribution in [0.3, 0.4) is 0 Å². The average Bonchev–Trinajstić information content (AvgIpc) is 3.18. The van der Waals surface area contributed by atoms with Crippen molar-refractivity contribution in [1.29, 1.82) is 0 Å². The highest BCUT2D eigenvalue weighted by Crippen LogP contribution is 2.30. The van der Waals surface area contributed by atoms with E-state index in [1.807, 2.05) is 63.5 Å². The molecule has 0 spiro atoms. The third-order valence-corrected chi connectivity index (χ3v) is 5.48. The molecule has 0 unspecified atom stereocenters. The fraction of sp³-hybridized carbons (Fsp3) is 0.526. The molecule has 2 heterocycles. The molecule has 8 heteroatoms. The molecular formula is C19H27N3O3S2. The van der Waals surface area contributed by atoms with E-state index in [0.717, 1.165) is 10.6 Å². The van der Waals surface area contributed by atoms with E-state index in [-0.39, 0.29) is 12.5 Å². The largest absolute Gasteiger partial charge is 0.459 e. The van der Waals surface area contributed by atoms with Crippen molar-refractivity contribution < 1.29 is 14.3 Å². The van der Waals surface area contributed by atoms with Crippen LogP contribution in [0.4, 0.5) is 0 Å². The first kappa shape index (κ1) is 21.5. The maximum absolute atomic E-state index is 13.1. The Morgan fingerprint density at radius 3 is 2.48 bits per heavy atom. The highest BCUT2D eigenvalue weighted by molar-refractivity contribution is 7.17. The van der Waals surface area contributed by atoms with E-state index in [4.69, 9.17) is 4.74 Å². The standard InChI is InChI=1S/C19H27N3O3S2/c1-13-16(27-17(20-13)14-7-10-26-12-14)18(24)22(9-8-21(5)6)11-15(23)25-19(2,3)4/h7,10,12H,8-9,11H2,1-6H3. The maximum Gasteiger partial charge on any atom is 0.326 e. The molecule has 0 aliphatic carbocycles. The van der Waals surface area contributed by atoms with E-state index in [0.29, 0.717) is 23.7 Å². The summed E-state index contributed by atoms with van der Waals surface area (Å²) in [5.74, 6) is -0.589. The number of esters is 1. The molecule has 0 N–H and O–H groups in total. The van der Waals surface area contributed by atoms with Gasteiger partial charge in [0.2, 0.25) is 0 Å². The molecule has 148 valence electrons. The topological polar surface area (TPSA) is 62.7 Å². The molecule has 0 radical (unpaired) electrons. The van der Waals surface area contributed by atoms with Crippen LogP contribution < -0.4 is 0 Å². The van der Waals surface area contributed by atoms with Crippen LogP contribution in [0, 0.1) is 6.92 Å². The van der Waals surface area contributed by atoms with Crippen LogP contribution in [-0.2, 0) is 9.53 Å². The number of hydrogen-bond acceptors (Lipinski definition) is 7. The lowest BCUT2D eigenvalue weighted by atomic mass is 10.2. The van der Waals surface area contributed by atoms with Crippen molar-refractivity contribution >= 4 is 34.6 Å². The number of ether oxygens (including phenoxy) is 1. The first-order chi connectivity index (χ1) is 12.6. The number of nitrogens with zero attached hydrogens (tertiary/aromatic N) is 3. The van der Waals surface area contributed by atoms with Gasteiger partial charge in [-0.3, -0.25) is 9.59 Å². The summed E-state index contributed by atoms with van der Waals surface area (Å²) in [6, 6.07) is 1.99. The summed E-state index contributed by atoms with van der Waals surface area (Å²) in [5, 5.41) is 4.82. The number of thiophene rings is 1. The van der Waals surface area contributed by atoms with Gasteiger partial charge in [0.15, 0.2) is 0 Å². The second-order valence-corrected chi connectivity index (χ2v) is 9.34. The highest BCUT2D eigenvalue weighted by Gasteiger charge is 2.26. The smallest absolute Gasteiger partial charge is 0.326 e. The minimum Gasteiger partial charge on any atom is -0.459 e. The Balaban J connectivity index is 2.21. The number of carbonyl (C=O) groups is 2. The van der Waals surface area contributed by atoms with E-state index in [1.165, 1.54) is 11.3 Å². The normalized spacial score (nSPS) is 11.7. The van der Waals surface area contributed by atoms with Gasteiger partial charge in [0, 0.05) is 24.0 Å². The minimum atomic E-state index is -0.583. The van der Waals surface area contributed by atoms with Gasteiger partial charge in [-0.05, 0) is 53.2 Å². The fourth-order valence-electron chi connectivity index (χ4n) is 2.35. The van der Waals surface area contributed by atoms with Gasteiger partial charge in [-0.15, -0.1) is 11.3 Å². The Morgan fingerprint density at radius 1 is 1.22 bits per heavy atom. The molecule has 27 heavy (non-hydrogen) atoms. The van der Waals surface area contributed by atoms with Crippen molar-refractivity contribution in [2.24, 2.45) is 0 Å². The van der Waals surface area contributed by atoms with E-state index < -0.39 is 11.6 Å². The summed E-state index contributed by atoms with van der Waals surface area (Å²) in [7, 11) is 3.87. The van der Waals surface area contributed by atoms with Crippen LogP contribution in [0.25, 0.3) is 10.6 Å². The lowest BCUT2D eigenvalue weighted by Crippen LogP contribution is -2.42. The number of aromatic nitrogens is 1. The van der Waals surface area contributed by atoms with Crippen molar-refractivity contribution in [3.63, 3.8) is 0 Å². The summed E-state index contributed by atoms with van der Waals surface area (Å²) in [5.41, 5.74) is 1.12. The van der Waals surface area contributed by atoms with Crippen LogP contribution in [0.5, 0.6) is 0 Å². The van der Waals surface area contributed by atoms with E-state index in [9.17, 15) is 9.59 Å². The Morgan fingerprint density at radius 2 is 1.93 bits per heavy atom. The van der Waals surface area contributed by atoms with E-state index in [2.05, 4.69) is 4.98 Å². The monoisotopic (exact) mass is 409 g/mol. The highest BCUT2D eigenvalue weighted by atomic mass is 32.1. The van der Waals surface area contributed by atoms with Crippen LogP contribution in [-0.4, -0.2) is 66.0 Å². The molecule has 2 rings (SSSR count). The zero-order valence-corrected chi connectivity index (χ0v) is 18.4. The number of carbonyl (C=O) groups excluding carboxylic acids is 2. The molecule has 0 bridgehead atoms. The molecule has 0 aliphatic rings. The van der Waals surface area contributed by atoms with Gasteiger partial charge in [0.05, 0.1) is 5.69 Å². The van der Waals surface area contributed by atoms with E-state index >= 15 is 0 Å². The van der Waals surface area contributed by atoms with E-state index in [1.54, 1.807) is 16.2 Å². The van der Waals surface area contributed by atoms with Crippen molar-refractivity contribution in [1.82, 2.24) is 14.8 Å². The van der Waals surface area contributed by atoms with Crippen molar-refractivity contribution in [3.05, 3.63) is 27.4 Å². The number of rotatable bonds is 7. The van der Waals surface area contributed by atoms with Gasteiger partial charge in [0.25, 0.3) is 5.91 Å². The van der Waals surface area contributed by atoms with Crippen molar-refractivity contribution in [3.8, 4) is 10.6 Å². The molecular weight excluding hydrogens is 382 g/mol. The predicted octanol–water partition coefficient (Wildman–Crippen LogP) is 3.53. The summed E-state index contributed by atoms with van der Waals surface area (Å²) in [6.45, 7) is 8.30. The third kappa shape index (κ3) is 6.41. The zero-order chi connectivity index (χ0) is 20.2. The lowest BCUT2D eigenvalue weighted by Gasteiger charge is -2.26. The summed E-state index contributed by atoms with van der Waals surface area (Å²) < 4.78 is 5.40. The SMILES string of the molecule is Cc1nc(-c2ccsc2)sc1C(=O)N(CCN(C)C)CC(=O)OC(C)(C)C. The molecule has 6 nitrogen and oxygen atoms in total. The quantitative estimate of drug-likeness (QED) is 0.655. The van der Waals surface area contributed by atoms with Crippen LogP contribution >= 0.6 is 22.7 Å². The molecule has 0 aliphatic heterocycles. The van der Waals surface area contributed by atoms with Gasteiger partial charge >= 0.3 is 5.97 Å². The number of hydrogen-bond donors (Lipinski definition) is 0. The van der Waals surface area contributed by atoms with Crippen molar-refractivity contribution in [2.75, 3.05) is 33.7 Å². The number of aryl methyl sites for hydroxylation is 1. The molecule has 1 amide bonds. The molecule has 0 aromatic carbocycles. The molecule has 2 aromatic heterocycles. The molecule has 0 saturated carbocycles. The lowest BCUT2D eigenvalue weighted by molar-refractivity contribution is -0.155. The minimum absolute atomic E-state index is 0.0743. The van der Waals surface area contributed by atoms with Crippen LogP contribution in [0.2, 0.25) is 0 Å². The van der Waals surface area contributed by atoms with Gasteiger partial charge < -0.3 is 14.5 Å². The number of amides is 1. The summed E-state index contributed by atoms with van der Waals surface area (Å²) in [4.78, 5) is 34.1. The van der Waals surface area contributed by atoms with Gasteiger partial charge in [-0.1, -0.05) is 0 Å². The molecule has 0 saturated heterocycles. The van der Waals surface area contributed by atoms with Crippen LogP contribution in [0.15, 0.2) is 16.8 Å². The van der Waals surface area contributed by atoms with Gasteiger partial charge in [-0.25, -0.2) is 4.98 Å². The fourth-order valence-corrected chi connectivity index (χ4v) is 4.10. The molecule has 2 aromatic rings. The maximum atomic E-state index is 13.1. The van der Waals surface area contributed by atoms with Crippen LogP contribution in [0.1, 0.15) is 36.1 Å². The second kappa shape index (κ2) is 8.95. The zero-order valence-electron chi connectivity index (χ0n) is 16.7. The number of thiazole rings is 1. The first-order valence-electron chi connectivity index (χ1n) is 8.72. The Hall–Kier alpha value is -1.77. The second-order valence-electron chi connectivity index (χ2n) is 7.56. The molecule has 0 fully saturated rings. The third-order valence-electron chi connectivity index (χ3n) is 3.60. The van der Waals surface area contributed by atoms with Gasteiger partial charge in [0.1, 0.15) is 22.0 Å². The van der Waals surface area contributed by atoms with Gasteiger partial charge in [-0.2, -0.15) is 11.3 Å². The Labute approximate surface area is 168 Å². The number of likely N-dealkylation sites (N-methyl/N-ethyl adjacent to an activating group) is 1. The average molecular weight is 410 g/mol. The Bertz CT molecular complexity index is 777.